The molecule has 1 atom stereocenters. The van der Waals surface area contributed by atoms with Gasteiger partial charge in [-0.25, -0.2) is 23.5 Å². The molecule has 2 aliphatic rings. The number of esters is 1. The maximum atomic E-state index is 14.5. The molecule has 3 heterocycles. The number of methoxy groups -OCH3 is 1. The average Bonchev–Trinajstić information content (AvgIpc) is 3.63. The van der Waals surface area contributed by atoms with Crippen molar-refractivity contribution in [2.24, 2.45) is 10.9 Å². The molecule has 1 fully saturated rings. The predicted molar refractivity (Wildman–Crippen MR) is 137 cm³/mol. The lowest BCUT2D eigenvalue weighted by Crippen LogP contribution is -2.37. The highest BCUT2D eigenvalue weighted by atomic mass is 35.5. The Bertz CT molecular complexity index is 1460. The summed E-state index contributed by atoms with van der Waals surface area (Å²) in [5.41, 5.74) is 1.21. The summed E-state index contributed by atoms with van der Waals surface area (Å²) >= 11 is 7.56. The zero-order valence-corrected chi connectivity index (χ0v) is 22.2. The Balaban J connectivity index is 1.50. The second-order valence-corrected chi connectivity index (χ2v) is 10.5. The van der Waals surface area contributed by atoms with Crippen molar-refractivity contribution in [2.45, 2.75) is 44.1 Å². The third-order valence-corrected chi connectivity index (χ3v) is 8.03. The van der Waals surface area contributed by atoms with Crippen LogP contribution in [0.25, 0.3) is 0 Å². The molecule has 1 aliphatic carbocycles. The number of ether oxygens (including phenoxy) is 1. The van der Waals surface area contributed by atoms with E-state index in [1.807, 2.05) is 0 Å². The Morgan fingerprint density at radius 1 is 1.23 bits per heavy atom. The molecule has 0 bridgehead atoms. The van der Waals surface area contributed by atoms with Crippen LogP contribution >= 0.6 is 22.9 Å². The first kappa shape index (κ1) is 26.9. The van der Waals surface area contributed by atoms with E-state index >= 15 is 0 Å². The second-order valence-electron chi connectivity index (χ2n) is 9.22. The zero-order chi connectivity index (χ0) is 27.7. The van der Waals surface area contributed by atoms with Crippen LogP contribution in [0.4, 0.5) is 8.78 Å². The van der Waals surface area contributed by atoms with Gasteiger partial charge in [-0.15, -0.1) is 11.3 Å². The standard InChI is InChI=1S/C26H23ClF2N4O5S/c1-37-26(36)18-21(12-2-4-13(5-3-12)24-31-14(11-38-24)10-17(34)35)32-23(25-30-8-9-39-25)33-22(18)15-6-7-16(28)20(29)19(15)27/h6-9,11-13,22H,2-5,10H2,1H3,(H,32,33)(H,34,35). The Kier molecular flexibility index (Phi) is 7.76. The molecule has 2 aromatic heterocycles. The van der Waals surface area contributed by atoms with Crippen molar-refractivity contribution in [3.63, 3.8) is 0 Å². The minimum atomic E-state index is -1.22. The fraction of sp³-hybridized carbons (Fsp3) is 0.346. The van der Waals surface area contributed by atoms with E-state index in [4.69, 9.17) is 25.9 Å². The summed E-state index contributed by atoms with van der Waals surface area (Å²) in [4.78, 5) is 37.5. The van der Waals surface area contributed by atoms with E-state index in [1.165, 1.54) is 30.8 Å². The number of carbonyl (C=O) groups excluding carboxylic acids is 1. The molecule has 1 unspecified atom stereocenters. The number of thiazole rings is 1. The number of aromatic nitrogens is 2. The fourth-order valence-corrected chi connectivity index (χ4v) is 5.87. The number of hydrogen-bond acceptors (Lipinski definition) is 9. The van der Waals surface area contributed by atoms with E-state index in [2.05, 4.69) is 20.3 Å². The Labute approximate surface area is 230 Å². The molecule has 1 saturated carbocycles. The highest BCUT2D eigenvalue weighted by Crippen LogP contribution is 2.44. The lowest BCUT2D eigenvalue weighted by atomic mass is 9.78. The van der Waals surface area contributed by atoms with Crippen molar-refractivity contribution < 1.29 is 32.6 Å². The smallest absolute Gasteiger partial charge is 0.338 e. The maximum Gasteiger partial charge on any atom is 0.338 e. The topological polar surface area (TPSA) is 127 Å². The normalized spacial score (nSPS) is 21.3. The molecule has 0 spiro atoms. The van der Waals surface area contributed by atoms with Gasteiger partial charge in [0.15, 0.2) is 28.4 Å². The predicted octanol–water partition coefficient (Wildman–Crippen LogP) is 5.18. The molecule has 2 N–H and O–H groups in total. The van der Waals surface area contributed by atoms with Crippen molar-refractivity contribution in [3.05, 3.63) is 80.1 Å². The number of aliphatic imine (C=N–C) groups is 1. The molecule has 0 radical (unpaired) electrons. The van der Waals surface area contributed by atoms with Crippen molar-refractivity contribution in [1.29, 1.82) is 0 Å². The Morgan fingerprint density at radius 3 is 2.64 bits per heavy atom. The number of rotatable bonds is 7. The number of allylic oxidation sites excluding steroid dienone is 1. The number of hydrogen-bond donors (Lipinski definition) is 2. The van der Waals surface area contributed by atoms with Gasteiger partial charge in [0.05, 0.1) is 29.8 Å². The largest absolute Gasteiger partial charge is 0.481 e. The van der Waals surface area contributed by atoms with Crippen LogP contribution in [0.3, 0.4) is 0 Å². The van der Waals surface area contributed by atoms with E-state index in [9.17, 15) is 18.4 Å². The van der Waals surface area contributed by atoms with E-state index < -0.39 is 34.6 Å². The summed E-state index contributed by atoms with van der Waals surface area (Å²) < 4.78 is 39.0. The van der Waals surface area contributed by atoms with Gasteiger partial charge < -0.3 is 19.6 Å². The molecular formula is C26H23ClF2N4O5S. The number of nitrogens with zero attached hydrogens (tertiary/aromatic N) is 3. The zero-order valence-electron chi connectivity index (χ0n) is 20.6. The SMILES string of the molecule is COC(=O)C1=C(C2CCC(c3nc(CC(=O)O)co3)CC2)NC(c2nccs2)=NC1c1ccc(F)c(F)c1Cl. The quantitative estimate of drug-likeness (QED) is 0.291. The number of amidine groups is 1. The van der Waals surface area contributed by atoms with Crippen LogP contribution in [0.1, 0.15) is 59.8 Å². The lowest BCUT2D eigenvalue weighted by Gasteiger charge is -2.34. The molecule has 5 rings (SSSR count). The van der Waals surface area contributed by atoms with E-state index in [-0.39, 0.29) is 29.4 Å². The van der Waals surface area contributed by atoms with Gasteiger partial charge in [0.1, 0.15) is 12.3 Å². The summed E-state index contributed by atoms with van der Waals surface area (Å²) in [6.07, 6.45) is 5.35. The minimum Gasteiger partial charge on any atom is -0.481 e. The fourth-order valence-electron chi connectivity index (χ4n) is 5.02. The van der Waals surface area contributed by atoms with Gasteiger partial charge in [0, 0.05) is 28.8 Å². The van der Waals surface area contributed by atoms with E-state index in [0.29, 0.717) is 53.8 Å². The summed E-state index contributed by atoms with van der Waals surface area (Å²) in [6.45, 7) is 0. The third-order valence-electron chi connectivity index (χ3n) is 6.86. The number of carboxylic acids is 1. The Morgan fingerprint density at radius 2 is 1.97 bits per heavy atom. The molecular weight excluding hydrogens is 554 g/mol. The summed E-state index contributed by atoms with van der Waals surface area (Å²) in [7, 11) is 1.24. The van der Waals surface area contributed by atoms with E-state index in [0.717, 1.165) is 6.07 Å². The van der Waals surface area contributed by atoms with Gasteiger partial charge in [0.25, 0.3) is 0 Å². The summed E-state index contributed by atoms with van der Waals surface area (Å²) in [6, 6.07) is 1.21. The van der Waals surface area contributed by atoms with E-state index in [1.54, 1.807) is 11.6 Å². The van der Waals surface area contributed by atoms with Gasteiger partial charge in [-0.3, -0.25) is 9.79 Å². The number of aliphatic carboxylic acids is 1. The highest BCUT2D eigenvalue weighted by molar-refractivity contribution is 7.11. The van der Waals surface area contributed by atoms with Crippen molar-refractivity contribution in [2.75, 3.05) is 7.11 Å². The first-order chi connectivity index (χ1) is 18.8. The lowest BCUT2D eigenvalue weighted by molar-refractivity contribution is -0.137. The summed E-state index contributed by atoms with van der Waals surface area (Å²) in [5.74, 6) is -3.28. The molecule has 0 amide bonds. The molecule has 39 heavy (non-hydrogen) atoms. The van der Waals surface area contributed by atoms with Gasteiger partial charge in [-0.05, 0) is 37.7 Å². The van der Waals surface area contributed by atoms with Gasteiger partial charge in [-0.2, -0.15) is 0 Å². The van der Waals surface area contributed by atoms with Crippen LogP contribution in [0.2, 0.25) is 5.02 Å². The first-order valence-corrected chi connectivity index (χ1v) is 13.4. The third kappa shape index (κ3) is 5.44. The molecule has 1 aromatic carbocycles. The number of benzene rings is 1. The number of nitrogens with one attached hydrogen (secondary N) is 1. The van der Waals surface area contributed by atoms with Crippen molar-refractivity contribution in [3.8, 4) is 0 Å². The summed E-state index contributed by atoms with van der Waals surface area (Å²) in [5, 5.41) is 14.1. The number of oxazole rings is 1. The molecule has 9 nitrogen and oxygen atoms in total. The van der Waals surface area contributed by atoms with Crippen LogP contribution in [-0.2, 0) is 20.7 Å². The van der Waals surface area contributed by atoms with Crippen molar-refractivity contribution >= 4 is 40.7 Å². The minimum absolute atomic E-state index is 0.0156. The van der Waals surface area contributed by atoms with Crippen LogP contribution in [0.5, 0.6) is 0 Å². The van der Waals surface area contributed by atoms with Crippen LogP contribution < -0.4 is 5.32 Å². The number of carboxylic acid groups (broad SMARTS) is 1. The Hall–Kier alpha value is -3.64. The number of carbonyl (C=O) groups is 2. The highest BCUT2D eigenvalue weighted by Gasteiger charge is 2.39. The molecule has 13 heteroatoms. The van der Waals surface area contributed by atoms with Gasteiger partial charge >= 0.3 is 11.9 Å². The average molecular weight is 577 g/mol. The molecule has 3 aromatic rings. The monoisotopic (exact) mass is 576 g/mol. The maximum absolute atomic E-state index is 14.5. The first-order valence-electron chi connectivity index (χ1n) is 12.1. The van der Waals surface area contributed by atoms with Crippen LogP contribution in [-0.4, -0.2) is 40.0 Å². The molecule has 0 saturated heterocycles. The molecule has 204 valence electrons. The van der Waals surface area contributed by atoms with Crippen LogP contribution in [0.15, 0.2) is 50.7 Å². The van der Waals surface area contributed by atoms with Gasteiger partial charge in [-0.1, -0.05) is 17.7 Å². The number of halogens is 3. The molecule has 1 aliphatic heterocycles. The van der Waals surface area contributed by atoms with Gasteiger partial charge in [0.2, 0.25) is 0 Å². The van der Waals surface area contributed by atoms with Crippen LogP contribution in [0, 0.1) is 17.6 Å². The van der Waals surface area contributed by atoms with Crippen molar-refractivity contribution in [1.82, 2.24) is 15.3 Å². The second kappa shape index (κ2) is 11.2.